The number of methoxy groups -OCH3 is 1. The average Bonchev–Trinajstić information content (AvgIpc) is 3.90. The van der Waals surface area contributed by atoms with Crippen LogP contribution in [0.2, 0.25) is 10.0 Å². The van der Waals surface area contributed by atoms with E-state index in [2.05, 4.69) is 114 Å². The molecular formula is C63H74Cl2N2O9. The van der Waals surface area contributed by atoms with E-state index in [0.717, 1.165) is 106 Å². The van der Waals surface area contributed by atoms with Crippen molar-refractivity contribution in [3.63, 3.8) is 0 Å². The van der Waals surface area contributed by atoms with Gasteiger partial charge in [-0.2, -0.15) is 19.2 Å². The van der Waals surface area contributed by atoms with Gasteiger partial charge in [-0.3, -0.25) is 0 Å². The molecule has 1 saturated heterocycles. The Balaban J connectivity index is 0.000000185. The number of hydrogen-bond acceptors (Lipinski definition) is 11. The van der Waals surface area contributed by atoms with Crippen molar-refractivity contribution in [2.45, 2.75) is 128 Å². The zero-order valence-electron chi connectivity index (χ0n) is 44.9. The van der Waals surface area contributed by atoms with E-state index in [1.807, 2.05) is 13.0 Å². The lowest BCUT2D eigenvalue weighted by molar-refractivity contribution is -0.193. The topological polar surface area (TPSA) is 132 Å². The minimum Gasteiger partial charge on any atom is -0.490 e. The molecule has 11 rings (SSSR count). The Morgan fingerprint density at radius 1 is 0.645 bits per heavy atom. The molecule has 3 aliphatic heterocycles. The van der Waals surface area contributed by atoms with Crippen molar-refractivity contribution in [1.82, 2.24) is 0 Å². The minimum atomic E-state index is -0.523. The first kappa shape index (κ1) is 58.1. The van der Waals surface area contributed by atoms with Gasteiger partial charge in [-0.15, -0.1) is 11.8 Å². The van der Waals surface area contributed by atoms with Crippen LogP contribution in [0, 0.1) is 61.2 Å². The summed E-state index contributed by atoms with van der Waals surface area (Å²) in [7, 11) is 1.79. The van der Waals surface area contributed by atoms with Crippen LogP contribution in [0.3, 0.4) is 0 Å². The number of nitrogens with zero attached hydrogens (tertiary/aromatic N) is 2. The monoisotopic (exact) mass is 1070 g/mol. The van der Waals surface area contributed by atoms with E-state index in [1.165, 1.54) is 76.9 Å². The fraction of sp³-hybridized carbons (Fsp3) is 0.524. The number of halogens is 2. The molecule has 7 aliphatic rings. The van der Waals surface area contributed by atoms with Gasteiger partial charge in [0.15, 0.2) is 0 Å². The molecule has 2 spiro atoms. The van der Waals surface area contributed by atoms with Gasteiger partial charge in [0.05, 0.1) is 24.6 Å². The maximum atomic E-state index is 10.5. The zero-order valence-corrected chi connectivity index (χ0v) is 46.4. The summed E-state index contributed by atoms with van der Waals surface area (Å²) >= 11 is 12.7. The summed E-state index contributed by atoms with van der Waals surface area (Å²) in [5, 5.41) is 12.2. The molecule has 0 unspecified atom stereocenters. The molecule has 8 atom stereocenters. The minimum absolute atomic E-state index is 0.0196. The van der Waals surface area contributed by atoms with Crippen LogP contribution in [0.1, 0.15) is 111 Å². The van der Waals surface area contributed by atoms with E-state index in [-0.39, 0.29) is 35.2 Å². The van der Waals surface area contributed by atoms with Crippen molar-refractivity contribution >= 4 is 46.9 Å². The molecular weight excluding hydrogens is 1000 g/mol. The van der Waals surface area contributed by atoms with E-state index in [0.29, 0.717) is 31.0 Å². The number of benzene rings is 4. The van der Waals surface area contributed by atoms with Crippen LogP contribution in [-0.2, 0) is 52.3 Å². The predicted octanol–water partition coefficient (Wildman–Crippen LogP) is 11.3. The lowest BCUT2D eigenvalue weighted by Gasteiger charge is -2.45. The van der Waals surface area contributed by atoms with Crippen molar-refractivity contribution in [3.05, 3.63) is 116 Å². The summed E-state index contributed by atoms with van der Waals surface area (Å²) in [6.45, 7) is 15.3. The summed E-state index contributed by atoms with van der Waals surface area (Å²) in [5.41, 5.74) is 10.4. The first-order valence-corrected chi connectivity index (χ1v) is 27.8. The highest BCUT2D eigenvalue weighted by Crippen LogP contribution is 2.49. The highest BCUT2D eigenvalue weighted by Gasteiger charge is 2.46. The van der Waals surface area contributed by atoms with Crippen LogP contribution in [0.4, 0.5) is 11.4 Å². The normalized spacial score (nSPS) is 24.8. The maximum Gasteiger partial charge on any atom is 0.373 e. The Bertz CT molecular complexity index is 2780. The summed E-state index contributed by atoms with van der Waals surface area (Å²) < 4.78 is 23.8. The molecule has 76 heavy (non-hydrogen) atoms. The van der Waals surface area contributed by atoms with Gasteiger partial charge in [0, 0.05) is 79.2 Å². The third-order valence-electron chi connectivity index (χ3n) is 16.7. The second-order valence-corrected chi connectivity index (χ2v) is 22.4. The third-order valence-corrected chi connectivity index (χ3v) is 17.2. The summed E-state index contributed by atoms with van der Waals surface area (Å²) in [4.78, 5) is 37.7. The Hall–Kier alpha value is -5.58. The van der Waals surface area contributed by atoms with Gasteiger partial charge >= 0.3 is 12.3 Å². The molecule has 0 radical (unpaired) electrons. The highest BCUT2D eigenvalue weighted by molar-refractivity contribution is 6.31. The zero-order chi connectivity index (χ0) is 54.2. The number of carbonyl (C=O) groups excluding carboxylic acids is 4. The third kappa shape index (κ3) is 13.9. The van der Waals surface area contributed by atoms with Gasteiger partial charge < -0.3 is 33.9 Å². The van der Waals surface area contributed by atoms with Crippen molar-refractivity contribution < 1.29 is 43.2 Å². The number of aliphatic hydroxyl groups excluding tert-OH is 1. The molecule has 0 amide bonds. The number of aryl methyl sites for hydroxylation is 4. The van der Waals surface area contributed by atoms with Crippen LogP contribution in [0.5, 0.6) is 11.5 Å². The fourth-order valence-corrected chi connectivity index (χ4v) is 13.1. The molecule has 404 valence electrons. The molecule has 0 aromatic heterocycles. The maximum absolute atomic E-state index is 10.5. The molecule has 0 bridgehead atoms. The first-order valence-electron chi connectivity index (χ1n) is 27.0. The Kier molecular flexibility index (Phi) is 21.1. The van der Waals surface area contributed by atoms with Gasteiger partial charge in [0.25, 0.3) is 0 Å². The van der Waals surface area contributed by atoms with Crippen molar-refractivity contribution in [2.24, 2.45) is 23.7 Å². The second-order valence-electron chi connectivity index (χ2n) is 21.5. The fourth-order valence-electron chi connectivity index (χ4n) is 12.7. The van der Waals surface area contributed by atoms with E-state index in [4.69, 9.17) is 61.3 Å². The summed E-state index contributed by atoms with van der Waals surface area (Å²) in [6.07, 6.45) is 13.9. The number of hydrogen-bond donors (Lipinski definition) is 1. The first-order chi connectivity index (χ1) is 36.8. The molecule has 2 saturated carbocycles. The number of anilines is 2. The Morgan fingerprint density at radius 3 is 1.50 bits per heavy atom. The molecule has 11 nitrogen and oxygen atoms in total. The number of ether oxygens (including phenoxy) is 4. The van der Waals surface area contributed by atoms with Crippen LogP contribution in [0.25, 0.3) is 0 Å². The largest absolute Gasteiger partial charge is 0.490 e. The quantitative estimate of drug-likeness (QED) is 0.177. The second kappa shape index (κ2) is 27.6. The predicted molar refractivity (Wildman–Crippen MR) is 296 cm³/mol. The number of aliphatic hydroxyl groups is 1. The van der Waals surface area contributed by atoms with Crippen LogP contribution >= 0.6 is 23.2 Å². The molecule has 4 aliphatic carbocycles. The molecule has 4 aromatic rings. The van der Waals surface area contributed by atoms with Gasteiger partial charge in [0.2, 0.25) is 0 Å². The molecule has 4 aromatic carbocycles. The standard InChI is InChI=1S/C29H34ClNO2.C28H32ClNO2.C4H8O.2CO2/c1-4-6-27(32-3)24-11-9-22(24)17-31-18-29(19-33-28-13-8-20(2)15-26(28)31)14-5-7-21-16-23(30)10-12-25(21)29;1-3-5-26(31)23-10-8-21(23)16-30-17-28(18-32-27-12-7-19(2)14-25(27)30)13-4-6-20-15-22(29)9-11-24(20)28;1-2-4-5-3-1;2*2-1-3/h8,10,12-13,15-16,22,24,27H,5,7,9,11,14,17-19H2,1-3H3;7,9,11-12,14-15,21,23,26,31H,4,6,8,10,13,16-18H2,1-2H3;1-4H2;;/t22-,24+,27-,29-;21-,23+,26-,28-;;;/m00.../s1. The molecule has 3 fully saturated rings. The molecule has 1 N–H and O–H groups in total. The Morgan fingerprint density at radius 2 is 1.11 bits per heavy atom. The SMILES string of the molecule is C1CCOC1.CC#C[C@H](O)[C@@H]1CC[C@H]1CN1C[C@@]2(CCCc3cc(Cl)ccc32)COc2ccc(C)cc21.CC#C[C@H](OC)[C@@H]1CC[C@H]1CN1C[C@@]2(CCCc3cc(Cl)ccc32)COc2ccc(C)cc21.O=C=O.O=C=O. The number of rotatable bonds is 7. The van der Waals surface area contributed by atoms with Gasteiger partial charge in [-0.1, -0.05) is 59.3 Å². The summed E-state index contributed by atoms with van der Waals surface area (Å²) in [5.74, 6) is 16.0. The van der Waals surface area contributed by atoms with E-state index < -0.39 is 6.10 Å². The smallest absolute Gasteiger partial charge is 0.373 e. The number of fused-ring (bicyclic) bond motifs is 6. The van der Waals surface area contributed by atoms with E-state index in [9.17, 15) is 5.11 Å². The van der Waals surface area contributed by atoms with Crippen LogP contribution in [-0.4, -0.2) is 89.3 Å². The lowest BCUT2D eigenvalue weighted by atomic mass is 9.68. The summed E-state index contributed by atoms with van der Waals surface area (Å²) in [6, 6.07) is 26.0. The van der Waals surface area contributed by atoms with Crippen molar-refractivity contribution in [1.29, 1.82) is 0 Å². The highest BCUT2D eigenvalue weighted by atomic mass is 35.5. The molecule has 3 heterocycles. The van der Waals surface area contributed by atoms with Crippen LogP contribution < -0.4 is 19.3 Å². The Labute approximate surface area is 460 Å². The molecule has 13 heteroatoms. The van der Waals surface area contributed by atoms with Gasteiger partial charge in [-0.05, 0) is 198 Å². The van der Waals surface area contributed by atoms with E-state index in [1.54, 1.807) is 14.0 Å². The van der Waals surface area contributed by atoms with Crippen LogP contribution in [0.15, 0.2) is 72.8 Å². The lowest BCUT2D eigenvalue weighted by Crippen LogP contribution is -2.49. The van der Waals surface area contributed by atoms with E-state index >= 15 is 0 Å². The van der Waals surface area contributed by atoms with Gasteiger partial charge in [0.1, 0.15) is 23.7 Å². The average molecular weight is 1070 g/mol. The van der Waals surface area contributed by atoms with Gasteiger partial charge in [-0.25, -0.2) is 0 Å². The van der Waals surface area contributed by atoms with Crippen molar-refractivity contribution in [3.8, 4) is 35.2 Å². The van der Waals surface area contributed by atoms with Crippen molar-refractivity contribution in [2.75, 3.05) is 69.5 Å².